The fourth-order valence-electron chi connectivity index (χ4n) is 2.07. The summed E-state index contributed by atoms with van der Waals surface area (Å²) in [6, 6.07) is 7.12. The van der Waals surface area contributed by atoms with Gasteiger partial charge in [0.25, 0.3) is 0 Å². The smallest absolute Gasteiger partial charge is 0.309 e. The number of nitrogens with zero attached hydrogens (tertiary/aromatic N) is 2. The second kappa shape index (κ2) is 5.50. The maximum atomic E-state index is 13.0. The number of halogens is 1. The molecule has 1 aromatic carbocycles. The molecule has 1 aliphatic heterocycles. The van der Waals surface area contributed by atoms with E-state index >= 15 is 0 Å². The summed E-state index contributed by atoms with van der Waals surface area (Å²) in [5, 5.41) is 11.6. The van der Waals surface area contributed by atoms with Crippen LogP contribution < -0.4 is 5.32 Å². The van der Waals surface area contributed by atoms with E-state index in [1.807, 2.05) is 0 Å². The van der Waals surface area contributed by atoms with E-state index < -0.39 is 5.82 Å². The number of amides is 2. The lowest BCUT2D eigenvalue weighted by molar-refractivity contribution is 0.182. The van der Waals surface area contributed by atoms with Crippen molar-refractivity contribution in [2.24, 2.45) is 0 Å². The van der Waals surface area contributed by atoms with Gasteiger partial charge >= 0.3 is 6.03 Å². The van der Waals surface area contributed by atoms with Crippen molar-refractivity contribution in [2.45, 2.75) is 25.3 Å². The molecule has 94 valence electrons. The van der Waals surface area contributed by atoms with Crippen molar-refractivity contribution in [1.29, 1.82) is 5.26 Å². The van der Waals surface area contributed by atoms with Gasteiger partial charge in [-0.1, -0.05) is 6.07 Å². The SMILES string of the molecule is N#CC1CCCCN1C(=O)Nc1cccc(F)c1. The van der Waals surface area contributed by atoms with Gasteiger partial charge in [0.1, 0.15) is 11.9 Å². The minimum atomic E-state index is -0.400. The fourth-order valence-corrected chi connectivity index (χ4v) is 2.07. The highest BCUT2D eigenvalue weighted by Gasteiger charge is 2.26. The van der Waals surface area contributed by atoms with Crippen molar-refractivity contribution >= 4 is 11.7 Å². The number of hydrogen-bond donors (Lipinski definition) is 1. The molecule has 4 nitrogen and oxygen atoms in total. The summed E-state index contributed by atoms with van der Waals surface area (Å²) in [4.78, 5) is 13.5. The number of rotatable bonds is 1. The summed E-state index contributed by atoms with van der Waals surface area (Å²) >= 11 is 0. The van der Waals surface area contributed by atoms with E-state index in [0.717, 1.165) is 12.8 Å². The second-order valence-corrected chi connectivity index (χ2v) is 4.27. The molecule has 1 aliphatic rings. The molecule has 1 atom stereocenters. The van der Waals surface area contributed by atoms with E-state index in [0.29, 0.717) is 18.7 Å². The lowest BCUT2D eigenvalue weighted by Gasteiger charge is -2.31. The van der Waals surface area contributed by atoms with Gasteiger partial charge < -0.3 is 10.2 Å². The van der Waals surface area contributed by atoms with Crippen molar-refractivity contribution < 1.29 is 9.18 Å². The molecular formula is C13H14FN3O. The van der Waals surface area contributed by atoms with Gasteiger partial charge in [0.2, 0.25) is 0 Å². The first-order chi connectivity index (χ1) is 8.70. The number of nitrogens with one attached hydrogen (secondary N) is 1. The van der Waals surface area contributed by atoms with Crippen LogP contribution in [0.1, 0.15) is 19.3 Å². The summed E-state index contributed by atoms with van der Waals surface area (Å²) in [5.74, 6) is -0.400. The van der Waals surface area contributed by atoms with Crippen LogP contribution in [-0.2, 0) is 0 Å². The summed E-state index contributed by atoms with van der Waals surface area (Å²) in [6.07, 6.45) is 2.56. The Morgan fingerprint density at radius 2 is 2.33 bits per heavy atom. The Morgan fingerprint density at radius 3 is 3.06 bits per heavy atom. The number of carbonyl (C=O) groups is 1. The minimum Gasteiger partial charge on any atom is -0.309 e. The third-order valence-corrected chi connectivity index (χ3v) is 2.99. The van der Waals surface area contributed by atoms with Crippen LogP contribution in [-0.4, -0.2) is 23.5 Å². The fraction of sp³-hybridized carbons (Fsp3) is 0.385. The molecule has 2 amide bonds. The van der Waals surface area contributed by atoms with Crippen LogP contribution >= 0.6 is 0 Å². The number of likely N-dealkylation sites (tertiary alicyclic amines) is 1. The molecule has 1 fully saturated rings. The number of benzene rings is 1. The van der Waals surface area contributed by atoms with E-state index in [2.05, 4.69) is 11.4 Å². The van der Waals surface area contributed by atoms with Crippen LogP contribution in [0.2, 0.25) is 0 Å². The topological polar surface area (TPSA) is 56.1 Å². The van der Waals surface area contributed by atoms with Crippen molar-refractivity contribution in [2.75, 3.05) is 11.9 Å². The van der Waals surface area contributed by atoms with Crippen molar-refractivity contribution in [3.8, 4) is 6.07 Å². The molecule has 1 saturated heterocycles. The Hall–Kier alpha value is -2.09. The average molecular weight is 247 g/mol. The highest BCUT2D eigenvalue weighted by atomic mass is 19.1. The Bertz CT molecular complexity index is 483. The molecule has 18 heavy (non-hydrogen) atoms. The molecule has 1 unspecified atom stereocenters. The number of carbonyl (C=O) groups excluding carboxylic acids is 1. The minimum absolute atomic E-state index is 0.341. The first-order valence-electron chi connectivity index (χ1n) is 5.93. The van der Waals surface area contributed by atoms with Crippen LogP contribution in [0.15, 0.2) is 24.3 Å². The standard InChI is InChI=1S/C13H14FN3O/c14-10-4-3-5-11(8-10)16-13(18)17-7-2-1-6-12(17)9-15/h3-5,8,12H,1-2,6-7H2,(H,16,18). The lowest BCUT2D eigenvalue weighted by Crippen LogP contribution is -2.45. The first-order valence-corrected chi connectivity index (χ1v) is 5.93. The van der Waals surface area contributed by atoms with E-state index in [1.54, 1.807) is 6.07 Å². The number of hydrogen-bond acceptors (Lipinski definition) is 2. The summed E-state index contributed by atoms with van der Waals surface area (Å²) in [6.45, 7) is 0.569. The molecular weight excluding hydrogens is 233 g/mol. The van der Waals surface area contributed by atoms with Gasteiger partial charge in [0.15, 0.2) is 0 Å². The Morgan fingerprint density at radius 1 is 1.50 bits per heavy atom. The Labute approximate surface area is 105 Å². The molecule has 1 aromatic rings. The van der Waals surface area contributed by atoms with E-state index in [-0.39, 0.29) is 12.1 Å². The third kappa shape index (κ3) is 2.77. The molecule has 0 aliphatic carbocycles. The van der Waals surface area contributed by atoms with Gasteiger partial charge in [0, 0.05) is 12.2 Å². The van der Waals surface area contributed by atoms with E-state index in [9.17, 15) is 9.18 Å². The predicted octanol–water partition coefficient (Wildman–Crippen LogP) is 2.74. The summed E-state index contributed by atoms with van der Waals surface area (Å²) in [5.41, 5.74) is 0.405. The van der Waals surface area contributed by atoms with Crippen LogP contribution in [0.5, 0.6) is 0 Å². The molecule has 0 aromatic heterocycles. The largest absolute Gasteiger partial charge is 0.322 e. The normalized spacial score (nSPS) is 19.1. The van der Waals surface area contributed by atoms with Crippen molar-refractivity contribution in [3.05, 3.63) is 30.1 Å². The second-order valence-electron chi connectivity index (χ2n) is 4.27. The van der Waals surface area contributed by atoms with Gasteiger partial charge in [-0.3, -0.25) is 0 Å². The van der Waals surface area contributed by atoms with Crippen LogP contribution in [0.3, 0.4) is 0 Å². The van der Waals surface area contributed by atoms with Crippen LogP contribution in [0.4, 0.5) is 14.9 Å². The maximum absolute atomic E-state index is 13.0. The average Bonchev–Trinajstić information content (AvgIpc) is 2.38. The lowest BCUT2D eigenvalue weighted by atomic mass is 10.0. The molecule has 0 radical (unpaired) electrons. The molecule has 0 spiro atoms. The van der Waals surface area contributed by atoms with E-state index in [4.69, 9.17) is 5.26 Å². The zero-order valence-corrected chi connectivity index (χ0v) is 9.90. The molecule has 2 rings (SSSR count). The number of nitriles is 1. The van der Waals surface area contributed by atoms with Gasteiger partial charge in [0.05, 0.1) is 6.07 Å². The van der Waals surface area contributed by atoms with Gasteiger partial charge in [-0.2, -0.15) is 5.26 Å². The molecule has 1 heterocycles. The zero-order valence-electron chi connectivity index (χ0n) is 9.90. The monoisotopic (exact) mass is 247 g/mol. The highest BCUT2D eigenvalue weighted by Crippen LogP contribution is 2.18. The Balaban J connectivity index is 2.05. The van der Waals surface area contributed by atoms with Crippen LogP contribution in [0.25, 0.3) is 0 Å². The zero-order chi connectivity index (χ0) is 13.0. The van der Waals surface area contributed by atoms with Crippen molar-refractivity contribution in [3.63, 3.8) is 0 Å². The summed E-state index contributed by atoms with van der Waals surface area (Å²) < 4.78 is 13.0. The molecule has 0 bridgehead atoms. The van der Waals surface area contributed by atoms with Crippen LogP contribution in [0, 0.1) is 17.1 Å². The number of piperidine rings is 1. The number of urea groups is 1. The quantitative estimate of drug-likeness (QED) is 0.829. The number of anilines is 1. The first kappa shape index (κ1) is 12.4. The van der Waals surface area contributed by atoms with Gasteiger partial charge in [-0.15, -0.1) is 0 Å². The molecule has 1 N–H and O–H groups in total. The van der Waals surface area contributed by atoms with Gasteiger partial charge in [-0.05, 0) is 37.5 Å². The Kier molecular flexibility index (Phi) is 3.78. The summed E-state index contributed by atoms with van der Waals surface area (Å²) in [7, 11) is 0. The molecule has 5 heteroatoms. The highest BCUT2D eigenvalue weighted by molar-refractivity contribution is 5.89. The predicted molar refractivity (Wildman–Crippen MR) is 65.4 cm³/mol. The molecule has 0 saturated carbocycles. The van der Waals surface area contributed by atoms with Gasteiger partial charge in [-0.25, -0.2) is 9.18 Å². The maximum Gasteiger partial charge on any atom is 0.322 e. The van der Waals surface area contributed by atoms with E-state index in [1.165, 1.54) is 23.1 Å². The van der Waals surface area contributed by atoms with Crippen molar-refractivity contribution in [1.82, 2.24) is 4.90 Å². The third-order valence-electron chi connectivity index (χ3n) is 2.99.